The molecule has 1 rings (SSSR count). The molecule has 1 fully saturated rings. The standard InChI is InChI=1S/C8H16N3PS/c1-2-12-5-3-7(4-6-12)10-11-8(9)13/h2-6H2,1H3,(H3,9,11,13). The molecule has 13 heavy (non-hydrogen) atoms. The Labute approximate surface area is 85.9 Å². The Bertz CT molecular complexity index is 207. The third-order valence-electron chi connectivity index (χ3n) is 2.20. The molecule has 1 heterocycles. The van der Waals surface area contributed by atoms with Gasteiger partial charge in [-0.05, 0) is 43.5 Å². The van der Waals surface area contributed by atoms with Gasteiger partial charge in [-0.1, -0.05) is 6.92 Å². The van der Waals surface area contributed by atoms with Gasteiger partial charge in [-0.3, -0.25) is 5.43 Å². The van der Waals surface area contributed by atoms with Crippen LogP contribution in [-0.2, 0) is 0 Å². The molecule has 0 saturated carbocycles. The van der Waals surface area contributed by atoms with E-state index in [2.05, 4.69) is 29.7 Å². The first-order valence-electron chi connectivity index (χ1n) is 4.55. The van der Waals surface area contributed by atoms with Crippen molar-refractivity contribution in [3.8, 4) is 0 Å². The molecule has 0 bridgehead atoms. The van der Waals surface area contributed by atoms with Crippen molar-refractivity contribution in [2.75, 3.05) is 18.5 Å². The summed E-state index contributed by atoms with van der Waals surface area (Å²) in [6.45, 7) is 2.28. The minimum Gasteiger partial charge on any atom is -0.375 e. The van der Waals surface area contributed by atoms with Gasteiger partial charge in [0.05, 0.1) is 0 Å². The van der Waals surface area contributed by atoms with Crippen LogP contribution in [0.5, 0.6) is 0 Å². The molecule has 3 N–H and O–H groups in total. The van der Waals surface area contributed by atoms with Crippen LogP contribution in [0.25, 0.3) is 0 Å². The fourth-order valence-corrected chi connectivity index (χ4v) is 3.42. The Hall–Kier alpha value is -0.210. The lowest BCUT2D eigenvalue weighted by Gasteiger charge is -2.21. The van der Waals surface area contributed by atoms with Gasteiger partial charge in [0.1, 0.15) is 0 Å². The SMILES string of the molecule is CCP1CCC(=NNC(N)=S)CC1. The molecule has 1 saturated heterocycles. The number of rotatable bonds is 2. The quantitative estimate of drug-likeness (QED) is 0.418. The van der Waals surface area contributed by atoms with E-state index in [1.165, 1.54) is 24.2 Å². The third kappa shape index (κ3) is 4.01. The lowest BCUT2D eigenvalue weighted by atomic mass is 10.2. The van der Waals surface area contributed by atoms with Gasteiger partial charge in [-0.25, -0.2) is 0 Å². The van der Waals surface area contributed by atoms with Crippen molar-refractivity contribution in [1.82, 2.24) is 5.43 Å². The molecule has 0 aromatic heterocycles. The van der Waals surface area contributed by atoms with Crippen molar-refractivity contribution in [3.63, 3.8) is 0 Å². The van der Waals surface area contributed by atoms with Crippen molar-refractivity contribution in [2.24, 2.45) is 10.8 Å². The van der Waals surface area contributed by atoms with Crippen LogP contribution in [0.3, 0.4) is 0 Å². The van der Waals surface area contributed by atoms with E-state index in [1.54, 1.807) is 0 Å². The Balaban J connectivity index is 2.31. The Morgan fingerprint density at radius 3 is 2.69 bits per heavy atom. The number of thiocarbonyl (C=S) groups is 1. The summed E-state index contributed by atoms with van der Waals surface area (Å²) in [7, 11) is 0.305. The highest BCUT2D eigenvalue weighted by Crippen LogP contribution is 2.39. The van der Waals surface area contributed by atoms with E-state index in [9.17, 15) is 0 Å². The highest BCUT2D eigenvalue weighted by molar-refractivity contribution is 7.80. The smallest absolute Gasteiger partial charge is 0.184 e. The first-order chi connectivity index (χ1) is 6.22. The number of nitrogens with two attached hydrogens (primary N) is 1. The second-order valence-electron chi connectivity index (χ2n) is 3.09. The average Bonchev–Trinajstić information content (AvgIpc) is 2.15. The molecule has 1 aliphatic rings. The van der Waals surface area contributed by atoms with Crippen LogP contribution in [-0.4, -0.2) is 29.3 Å². The van der Waals surface area contributed by atoms with Gasteiger partial charge < -0.3 is 5.73 Å². The van der Waals surface area contributed by atoms with Crippen LogP contribution in [0.15, 0.2) is 5.10 Å². The summed E-state index contributed by atoms with van der Waals surface area (Å²) >= 11 is 4.67. The fourth-order valence-electron chi connectivity index (χ4n) is 1.37. The molecule has 3 nitrogen and oxygen atoms in total. The second-order valence-corrected chi connectivity index (χ2v) is 6.40. The average molecular weight is 217 g/mol. The molecule has 0 atom stereocenters. The molecular formula is C8H16N3PS. The second kappa shape index (κ2) is 5.51. The van der Waals surface area contributed by atoms with E-state index in [0.29, 0.717) is 7.92 Å². The molecule has 0 unspecified atom stereocenters. The van der Waals surface area contributed by atoms with E-state index in [4.69, 9.17) is 5.73 Å². The summed E-state index contributed by atoms with van der Waals surface area (Å²) in [6.07, 6.45) is 6.24. The Kier molecular flexibility index (Phi) is 4.60. The number of hydrazone groups is 1. The highest BCUT2D eigenvalue weighted by atomic mass is 32.1. The van der Waals surface area contributed by atoms with Crippen molar-refractivity contribution in [1.29, 1.82) is 0 Å². The summed E-state index contributed by atoms with van der Waals surface area (Å²) < 4.78 is 0. The van der Waals surface area contributed by atoms with Gasteiger partial charge in [-0.15, -0.1) is 7.92 Å². The van der Waals surface area contributed by atoms with Crippen LogP contribution in [0.1, 0.15) is 19.8 Å². The normalized spacial score (nSPS) is 22.5. The highest BCUT2D eigenvalue weighted by Gasteiger charge is 2.14. The summed E-state index contributed by atoms with van der Waals surface area (Å²) in [5, 5.41) is 4.42. The predicted octanol–water partition coefficient (Wildman–Crippen LogP) is 1.47. The first-order valence-corrected chi connectivity index (χ1v) is 6.86. The number of nitrogens with zero attached hydrogens (tertiary/aromatic N) is 1. The first kappa shape index (κ1) is 10.9. The molecule has 0 aliphatic carbocycles. The minimum atomic E-state index is 0.260. The van der Waals surface area contributed by atoms with Gasteiger partial charge in [0.25, 0.3) is 0 Å². The molecular weight excluding hydrogens is 201 g/mol. The van der Waals surface area contributed by atoms with Crippen LogP contribution >= 0.6 is 20.1 Å². The van der Waals surface area contributed by atoms with Gasteiger partial charge in [-0.2, -0.15) is 5.10 Å². The molecule has 0 aromatic rings. The monoisotopic (exact) mass is 217 g/mol. The lowest BCUT2D eigenvalue weighted by Crippen LogP contribution is -2.26. The Morgan fingerprint density at radius 1 is 1.62 bits per heavy atom. The van der Waals surface area contributed by atoms with Crippen molar-refractivity contribution in [3.05, 3.63) is 0 Å². The number of nitrogens with one attached hydrogen (secondary N) is 1. The van der Waals surface area contributed by atoms with Gasteiger partial charge in [0, 0.05) is 5.71 Å². The zero-order chi connectivity index (χ0) is 9.68. The number of hydrogen-bond acceptors (Lipinski definition) is 2. The lowest BCUT2D eigenvalue weighted by molar-refractivity contribution is 0.975. The molecule has 0 radical (unpaired) electrons. The zero-order valence-electron chi connectivity index (χ0n) is 7.92. The van der Waals surface area contributed by atoms with Crippen molar-refractivity contribution >= 4 is 31.0 Å². The van der Waals surface area contributed by atoms with E-state index >= 15 is 0 Å². The van der Waals surface area contributed by atoms with Gasteiger partial charge in [0.15, 0.2) is 5.11 Å². The summed E-state index contributed by atoms with van der Waals surface area (Å²) in [5.74, 6) is 0. The molecule has 1 aliphatic heterocycles. The van der Waals surface area contributed by atoms with Crippen molar-refractivity contribution < 1.29 is 0 Å². The van der Waals surface area contributed by atoms with Crippen LogP contribution in [0, 0.1) is 0 Å². The molecule has 5 heteroatoms. The molecule has 0 amide bonds. The molecule has 74 valence electrons. The predicted molar refractivity (Wildman–Crippen MR) is 63.8 cm³/mol. The number of hydrogen-bond donors (Lipinski definition) is 2. The van der Waals surface area contributed by atoms with Crippen LogP contribution in [0.4, 0.5) is 0 Å². The van der Waals surface area contributed by atoms with Crippen LogP contribution in [0.2, 0.25) is 0 Å². The maximum absolute atomic E-state index is 5.28. The summed E-state index contributed by atoms with van der Waals surface area (Å²) in [4.78, 5) is 0. The maximum atomic E-state index is 5.28. The Morgan fingerprint density at radius 2 is 2.23 bits per heavy atom. The van der Waals surface area contributed by atoms with Gasteiger partial charge in [0.2, 0.25) is 0 Å². The maximum Gasteiger partial charge on any atom is 0.184 e. The zero-order valence-corrected chi connectivity index (χ0v) is 9.63. The van der Waals surface area contributed by atoms with Gasteiger partial charge >= 0.3 is 0 Å². The van der Waals surface area contributed by atoms with E-state index in [-0.39, 0.29) is 5.11 Å². The molecule has 0 spiro atoms. The summed E-state index contributed by atoms with van der Waals surface area (Å²) in [6, 6.07) is 0. The summed E-state index contributed by atoms with van der Waals surface area (Å²) in [5.41, 5.74) is 9.16. The van der Waals surface area contributed by atoms with E-state index in [0.717, 1.165) is 12.8 Å². The van der Waals surface area contributed by atoms with E-state index in [1.807, 2.05) is 0 Å². The largest absolute Gasteiger partial charge is 0.375 e. The van der Waals surface area contributed by atoms with Crippen LogP contribution < -0.4 is 11.2 Å². The van der Waals surface area contributed by atoms with Crippen molar-refractivity contribution in [2.45, 2.75) is 19.8 Å². The minimum absolute atomic E-state index is 0.260. The molecule has 0 aromatic carbocycles. The fraction of sp³-hybridized carbons (Fsp3) is 0.750. The third-order valence-corrected chi connectivity index (χ3v) is 4.90. The topological polar surface area (TPSA) is 50.4 Å². The van der Waals surface area contributed by atoms with E-state index < -0.39 is 0 Å².